The van der Waals surface area contributed by atoms with Crippen LogP contribution in [0.5, 0.6) is 5.75 Å². The van der Waals surface area contributed by atoms with Crippen molar-refractivity contribution in [2.24, 2.45) is 0 Å². The van der Waals surface area contributed by atoms with Crippen molar-refractivity contribution in [3.8, 4) is 5.75 Å². The zero-order valence-corrected chi connectivity index (χ0v) is 18.3. The molecule has 2 heterocycles. The average molecular weight is 433 g/mol. The summed E-state index contributed by atoms with van der Waals surface area (Å²) in [6.07, 6.45) is 2.85. The van der Waals surface area contributed by atoms with Crippen LogP contribution in [0.15, 0.2) is 54.2 Å². The van der Waals surface area contributed by atoms with Gasteiger partial charge in [0, 0.05) is 17.7 Å². The third-order valence-corrected chi connectivity index (χ3v) is 5.16. The summed E-state index contributed by atoms with van der Waals surface area (Å²) in [6.45, 7) is 6.11. The highest BCUT2D eigenvalue weighted by Crippen LogP contribution is 2.21. The van der Waals surface area contributed by atoms with Crippen molar-refractivity contribution in [3.63, 3.8) is 0 Å². The molecule has 0 aromatic heterocycles. The molecular weight excluding hydrogens is 408 g/mol. The van der Waals surface area contributed by atoms with Crippen molar-refractivity contribution in [2.45, 2.75) is 39.0 Å². The minimum atomic E-state index is -0.609. The van der Waals surface area contributed by atoms with Gasteiger partial charge in [-0.15, -0.1) is 0 Å². The molecule has 0 saturated heterocycles. The van der Waals surface area contributed by atoms with Gasteiger partial charge in [-0.05, 0) is 32.4 Å². The van der Waals surface area contributed by atoms with E-state index in [-0.39, 0.29) is 6.04 Å². The van der Waals surface area contributed by atoms with Gasteiger partial charge < -0.3 is 14.8 Å². The molecule has 7 nitrogen and oxygen atoms in total. The molecule has 32 heavy (non-hydrogen) atoms. The second kappa shape index (κ2) is 8.42. The van der Waals surface area contributed by atoms with Gasteiger partial charge in [0.1, 0.15) is 41.1 Å². The Morgan fingerprint density at radius 3 is 2.56 bits per heavy atom. The lowest BCUT2D eigenvalue weighted by molar-refractivity contribution is -0.103. The Hall–Kier alpha value is -3.74. The topological polar surface area (TPSA) is 84.7 Å². The molecular formula is C25H25N2O5+. The van der Waals surface area contributed by atoms with E-state index in [9.17, 15) is 14.4 Å². The first kappa shape index (κ1) is 21.5. The number of carbonyl (C=O) groups is 3. The third-order valence-electron chi connectivity index (χ3n) is 5.16. The maximum atomic E-state index is 12.2. The zero-order chi connectivity index (χ0) is 22.9. The molecule has 0 aliphatic carbocycles. The van der Waals surface area contributed by atoms with E-state index in [2.05, 4.69) is 5.32 Å². The number of hydrogen-bond donors (Lipinski definition) is 1. The van der Waals surface area contributed by atoms with Crippen LogP contribution in [0.2, 0.25) is 0 Å². The zero-order valence-electron chi connectivity index (χ0n) is 18.3. The van der Waals surface area contributed by atoms with E-state index in [0.717, 1.165) is 18.1 Å². The fourth-order valence-corrected chi connectivity index (χ4v) is 3.91. The van der Waals surface area contributed by atoms with Crippen molar-refractivity contribution >= 4 is 24.2 Å². The Labute approximate surface area is 185 Å². The number of ether oxygens (including phenoxy) is 2. The maximum Gasteiger partial charge on any atom is 0.408 e. The van der Waals surface area contributed by atoms with E-state index >= 15 is 0 Å². The molecule has 2 aromatic carbocycles. The van der Waals surface area contributed by atoms with Gasteiger partial charge in [-0.1, -0.05) is 30.3 Å². The second-order valence-corrected chi connectivity index (χ2v) is 8.75. The van der Waals surface area contributed by atoms with E-state index in [0.29, 0.717) is 46.3 Å². The van der Waals surface area contributed by atoms with E-state index in [4.69, 9.17) is 9.47 Å². The lowest BCUT2D eigenvalue weighted by atomic mass is 10.1. The molecule has 0 fully saturated rings. The summed E-state index contributed by atoms with van der Waals surface area (Å²) >= 11 is 0. The fraction of sp³-hybridized carbons (Fsp3) is 0.280. The standard InChI is InChI=1S/C25H24N2O5/c1-25(2,3)32-24(30)26-18-11-20-19(14-29)23-21(27(20)12-18)9-17(13-28)10-22(23)31-15-16-7-5-4-6-8-16/h4-11,13-14,18H,12,15H2,1-3H3/p+1/t18-/m1/s1. The normalized spacial score (nSPS) is 16.7. The lowest BCUT2D eigenvalue weighted by Crippen LogP contribution is -2.43. The first-order valence-electron chi connectivity index (χ1n) is 10.4. The number of nitrogens with one attached hydrogen (secondary N) is 1. The SMILES string of the molecule is CC(C)(C)OC(=O)N[C@@H]1C=C2C(C=O)=c3c(OCc4ccccc4)cc(C=O)cc3=[N+]2C1. The number of fused-ring (bicyclic) bond motifs is 2. The van der Waals surface area contributed by atoms with Crippen LogP contribution in [0.4, 0.5) is 4.79 Å². The van der Waals surface area contributed by atoms with Crippen LogP contribution in [0, 0.1) is 0 Å². The number of carbonyl (C=O) groups excluding carboxylic acids is 3. The van der Waals surface area contributed by atoms with Gasteiger partial charge in [0.15, 0.2) is 12.8 Å². The molecule has 2 aliphatic rings. The Bertz CT molecular complexity index is 1240. The summed E-state index contributed by atoms with van der Waals surface area (Å²) in [5.74, 6) is 0.475. The first-order chi connectivity index (χ1) is 15.3. The molecule has 0 radical (unpaired) electrons. The summed E-state index contributed by atoms with van der Waals surface area (Å²) in [7, 11) is 0. The van der Waals surface area contributed by atoms with E-state index in [1.807, 2.05) is 41.0 Å². The molecule has 0 saturated carbocycles. The van der Waals surface area contributed by atoms with Crippen LogP contribution in [0.1, 0.15) is 36.7 Å². The van der Waals surface area contributed by atoms with E-state index < -0.39 is 11.7 Å². The quantitative estimate of drug-likeness (QED) is 0.554. The predicted octanol–water partition coefficient (Wildman–Crippen LogP) is 1.72. The van der Waals surface area contributed by atoms with Crippen LogP contribution >= 0.6 is 0 Å². The minimum Gasteiger partial charge on any atom is -0.488 e. The van der Waals surface area contributed by atoms with Crippen molar-refractivity contribution in [2.75, 3.05) is 6.54 Å². The first-order valence-corrected chi connectivity index (χ1v) is 10.4. The molecule has 0 spiro atoms. The predicted molar refractivity (Wildman–Crippen MR) is 119 cm³/mol. The highest BCUT2D eigenvalue weighted by molar-refractivity contribution is 6.07. The number of nitrogens with zero attached hydrogens (tertiary/aromatic N) is 1. The smallest absolute Gasteiger partial charge is 0.408 e. The van der Waals surface area contributed by atoms with Crippen molar-refractivity contribution in [3.05, 3.63) is 75.9 Å². The minimum absolute atomic E-state index is 0.309. The highest BCUT2D eigenvalue weighted by Gasteiger charge is 2.38. The summed E-state index contributed by atoms with van der Waals surface area (Å²) < 4.78 is 13.3. The van der Waals surface area contributed by atoms with Crippen LogP contribution < -0.4 is 25.2 Å². The Balaban J connectivity index is 1.70. The monoisotopic (exact) mass is 433 g/mol. The molecule has 1 N–H and O–H groups in total. The number of allylic oxidation sites excluding steroid dienone is 1. The summed E-state index contributed by atoms with van der Waals surface area (Å²) in [4.78, 5) is 35.8. The Morgan fingerprint density at radius 1 is 1.16 bits per heavy atom. The van der Waals surface area contributed by atoms with Crippen molar-refractivity contribution in [1.82, 2.24) is 9.89 Å². The Kier molecular flexibility index (Phi) is 5.65. The average Bonchev–Trinajstić information content (AvgIpc) is 3.27. The molecule has 0 bridgehead atoms. The number of alkyl carbamates (subject to hydrolysis) is 1. The van der Waals surface area contributed by atoms with Gasteiger partial charge in [0.2, 0.25) is 11.1 Å². The van der Waals surface area contributed by atoms with Gasteiger partial charge in [-0.25, -0.2) is 4.79 Å². The second-order valence-electron chi connectivity index (χ2n) is 8.75. The maximum absolute atomic E-state index is 12.2. The lowest BCUT2D eigenvalue weighted by Gasteiger charge is -2.20. The molecule has 2 aromatic rings. The molecule has 2 aliphatic heterocycles. The molecule has 7 heteroatoms. The molecule has 0 unspecified atom stereocenters. The fourth-order valence-electron chi connectivity index (χ4n) is 3.91. The number of hydrogen-bond acceptors (Lipinski definition) is 5. The van der Waals surface area contributed by atoms with Crippen LogP contribution in [-0.4, -0.2) is 36.9 Å². The van der Waals surface area contributed by atoms with E-state index in [1.165, 1.54) is 0 Å². The van der Waals surface area contributed by atoms with Gasteiger partial charge in [0.05, 0.1) is 0 Å². The largest absolute Gasteiger partial charge is 0.488 e. The molecule has 4 rings (SSSR count). The number of rotatable bonds is 6. The van der Waals surface area contributed by atoms with Crippen LogP contribution in [-0.2, 0) is 16.1 Å². The van der Waals surface area contributed by atoms with Gasteiger partial charge in [0.25, 0.3) is 0 Å². The van der Waals surface area contributed by atoms with E-state index in [1.54, 1.807) is 32.9 Å². The molecule has 1 atom stereocenters. The number of benzene rings is 2. The molecule has 164 valence electrons. The number of amides is 1. The van der Waals surface area contributed by atoms with Crippen molar-refractivity contribution < 1.29 is 23.9 Å². The van der Waals surface area contributed by atoms with Gasteiger partial charge >= 0.3 is 6.09 Å². The summed E-state index contributed by atoms with van der Waals surface area (Å²) in [5, 5.41) is 4.18. The Morgan fingerprint density at radius 2 is 1.91 bits per heavy atom. The van der Waals surface area contributed by atoms with Crippen LogP contribution in [0.25, 0.3) is 5.57 Å². The summed E-state index contributed by atoms with van der Waals surface area (Å²) in [6, 6.07) is 12.7. The third kappa shape index (κ3) is 4.32. The van der Waals surface area contributed by atoms with Gasteiger partial charge in [-0.3, -0.25) is 9.59 Å². The van der Waals surface area contributed by atoms with Crippen LogP contribution in [0.3, 0.4) is 0 Å². The number of aldehydes is 2. The summed E-state index contributed by atoms with van der Waals surface area (Å²) in [5.41, 5.74) is 1.96. The molecule has 1 amide bonds. The highest BCUT2D eigenvalue weighted by atomic mass is 16.6. The van der Waals surface area contributed by atoms with Gasteiger partial charge in [-0.2, -0.15) is 4.58 Å². The van der Waals surface area contributed by atoms with Crippen molar-refractivity contribution in [1.29, 1.82) is 0 Å².